The molecule has 6 nitrogen and oxygen atoms in total. The van der Waals surface area contributed by atoms with Crippen molar-refractivity contribution in [3.63, 3.8) is 0 Å². The first kappa shape index (κ1) is 19.0. The van der Waals surface area contributed by atoms with Crippen LogP contribution in [-0.2, 0) is 16.4 Å². The molecule has 2 heterocycles. The molecule has 2 aromatic carbocycles. The first-order chi connectivity index (χ1) is 13.6. The lowest BCUT2D eigenvalue weighted by molar-refractivity contribution is 0.0929. The Morgan fingerprint density at radius 1 is 1.07 bits per heavy atom. The van der Waals surface area contributed by atoms with Crippen LogP contribution in [0.3, 0.4) is 0 Å². The summed E-state index contributed by atoms with van der Waals surface area (Å²) in [7, 11) is -3.72. The number of fused-ring (bicyclic) bond motifs is 1. The van der Waals surface area contributed by atoms with Gasteiger partial charge >= 0.3 is 0 Å². The van der Waals surface area contributed by atoms with Crippen molar-refractivity contribution in [1.29, 1.82) is 0 Å². The van der Waals surface area contributed by atoms with Gasteiger partial charge in [0.15, 0.2) is 0 Å². The highest BCUT2D eigenvalue weighted by molar-refractivity contribution is 7.92. The van der Waals surface area contributed by atoms with Gasteiger partial charge in [-0.1, -0.05) is 24.3 Å². The molecular formula is C21H25N3O3S. The van der Waals surface area contributed by atoms with Crippen molar-refractivity contribution < 1.29 is 13.2 Å². The van der Waals surface area contributed by atoms with Crippen LogP contribution in [0.4, 0.5) is 5.69 Å². The summed E-state index contributed by atoms with van der Waals surface area (Å²) in [6.45, 7) is 2.21. The normalized spacial score (nSPS) is 17.8. The SMILES string of the molecule is O=C(NC1CCNCC1)c1cccc(S(=O)(=O)N2CCCc3ccccc32)c1. The van der Waals surface area contributed by atoms with E-state index in [2.05, 4.69) is 10.6 Å². The van der Waals surface area contributed by atoms with E-state index in [0.29, 0.717) is 12.1 Å². The number of carbonyl (C=O) groups excluding carboxylic acids is 1. The second-order valence-corrected chi connectivity index (χ2v) is 9.20. The summed E-state index contributed by atoms with van der Waals surface area (Å²) in [4.78, 5) is 12.8. The van der Waals surface area contributed by atoms with Crippen molar-refractivity contribution in [2.24, 2.45) is 0 Å². The fourth-order valence-electron chi connectivity index (χ4n) is 3.91. The number of aryl methyl sites for hydroxylation is 1. The predicted octanol–water partition coefficient (Wildman–Crippen LogP) is 2.31. The number of para-hydroxylation sites is 1. The topological polar surface area (TPSA) is 78.5 Å². The van der Waals surface area contributed by atoms with Crippen LogP contribution in [0.15, 0.2) is 53.4 Å². The zero-order valence-corrected chi connectivity index (χ0v) is 16.5. The highest BCUT2D eigenvalue weighted by atomic mass is 32.2. The van der Waals surface area contributed by atoms with Crippen LogP contribution in [0.2, 0.25) is 0 Å². The van der Waals surface area contributed by atoms with Crippen LogP contribution in [0.25, 0.3) is 0 Å². The Morgan fingerprint density at radius 3 is 2.68 bits per heavy atom. The molecule has 28 heavy (non-hydrogen) atoms. The van der Waals surface area contributed by atoms with E-state index in [9.17, 15) is 13.2 Å². The Morgan fingerprint density at radius 2 is 1.86 bits per heavy atom. The number of nitrogens with zero attached hydrogens (tertiary/aromatic N) is 1. The fraction of sp³-hybridized carbons (Fsp3) is 0.381. The van der Waals surface area contributed by atoms with Gasteiger partial charge < -0.3 is 10.6 Å². The molecule has 2 aromatic rings. The van der Waals surface area contributed by atoms with Crippen molar-refractivity contribution in [2.45, 2.75) is 36.6 Å². The van der Waals surface area contributed by atoms with E-state index >= 15 is 0 Å². The first-order valence-corrected chi connectivity index (χ1v) is 11.2. The maximum Gasteiger partial charge on any atom is 0.264 e. The second kappa shape index (κ2) is 7.93. The van der Waals surface area contributed by atoms with Crippen LogP contribution < -0.4 is 14.9 Å². The molecule has 1 amide bonds. The maximum absolute atomic E-state index is 13.3. The summed E-state index contributed by atoms with van der Waals surface area (Å²) >= 11 is 0. The molecule has 2 aliphatic rings. The van der Waals surface area contributed by atoms with Crippen molar-refractivity contribution in [1.82, 2.24) is 10.6 Å². The summed E-state index contributed by atoms with van der Waals surface area (Å²) in [5.74, 6) is -0.219. The molecule has 2 aliphatic heterocycles. The van der Waals surface area contributed by atoms with Crippen LogP contribution in [-0.4, -0.2) is 40.0 Å². The third-order valence-electron chi connectivity index (χ3n) is 5.43. The summed E-state index contributed by atoms with van der Waals surface area (Å²) in [5.41, 5.74) is 2.15. The van der Waals surface area contributed by atoms with Gasteiger partial charge in [-0.15, -0.1) is 0 Å². The van der Waals surface area contributed by atoms with Crippen molar-refractivity contribution in [3.8, 4) is 0 Å². The highest BCUT2D eigenvalue weighted by Crippen LogP contribution is 2.31. The van der Waals surface area contributed by atoms with E-state index in [1.807, 2.05) is 24.3 Å². The van der Waals surface area contributed by atoms with E-state index in [-0.39, 0.29) is 16.8 Å². The van der Waals surface area contributed by atoms with Gasteiger partial charge in [-0.3, -0.25) is 9.10 Å². The molecule has 4 rings (SSSR count). The Labute approximate surface area is 166 Å². The molecule has 0 atom stereocenters. The lowest BCUT2D eigenvalue weighted by Gasteiger charge is -2.30. The fourth-order valence-corrected chi connectivity index (χ4v) is 5.50. The summed E-state index contributed by atoms with van der Waals surface area (Å²) in [6, 6.07) is 14.1. The van der Waals surface area contributed by atoms with Crippen LogP contribution in [0.1, 0.15) is 35.2 Å². The number of hydrogen-bond donors (Lipinski definition) is 2. The number of carbonyl (C=O) groups is 1. The van der Waals surface area contributed by atoms with E-state index in [4.69, 9.17) is 0 Å². The third-order valence-corrected chi connectivity index (χ3v) is 7.24. The smallest absolute Gasteiger partial charge is 0.264 e. The third kappa shape index (κ3) is 3.77. The lowest BCUT2D eigenvalue weighted by atomic mass is 10.0. The maximum atomic E-state index is 13.3. The zero-order valence-electron chi connectivity index (χ0n) is 15.7. The van der Waals surface area contributed by atoms with E-state index in [1.165, 1.54) is 10.4 Å². The molecule has 0 aromatic heterocycles. The molecule has 7 heteroatoms. The van der Waals surface area contributed by atoms with Crippen molar-refractivity contribution in [3.05, 3.63) is 59.7 Å². The number of amides is 1. The minimum atomic E-state index is -3.72. The number of nitrogens with one attached hydrogen (secondary N) is 2. The van der Waals surface area contributed by atoms with Gasteiger partial charge in [0, 0.05) is 18.2 Å². The Kier molecular flexibility index (Phi) is 5.37. The number of anilines is 1. The Bertz CT molecular complexity index is 968. The van der Waals surface area contributed by atoms with Crippen molar-refractivity contribution in [2.75, 3.05) is 23.9 Å². The summed E-state index contributed by atoms with van der Waals surface area (Å²) in [6.07, 6.45) is 3.43. The molecular weight excluding hydrogens is 374 g/mol. The van der Waals surface area contributed by atoms with Gasteiger partial charge in [-0.2, -0.15) is 0 Å². The monoisotopic (exact) mass is 399 g/mol. The van der Waals surface area contributed by atoms with Crippen LogP contribution in [0.5, 0.6) is 0 Å². The lowest BCUT2D eigenvalue weighted by Crippen LogP contribution is -2.42. The molecule has 0 spiro atoms. The quantitative estimate of drug-likeness (QED) is 0.827. The van der Waals surface area contributed by atoms with E-state index in [1.54, 1.807) is 18.2 Å². The average molecular weight is 400 g/mol. The van der Waals surface area contributed by atoms with Gasteiger partial charge in [0.25, 0.3) is 15.9 Å². The van der Waals surface area contributed by atoms with Crippen molar-refractivity contribution >= 4 is 21.6 Å². The predicted molar refractivity (Wildman–Crippen MR) is 109 cm³/mol. The zero-order chi connectivity index (χ0) is 19.6. The summed E-state index contributed by atoms with van der Waals surface area (Å²) < 4.78 is 28.1. The molecule has 0 aliphatic carbocycles. The van der Waals surface area contributed by atoms with Gasteiger partial charge in [-0.25, -0.2) is 8.42 Å². The van der Waals surface area contributed by atoms with Crippen LogP contribution >= 0.6 is 0 Å². The molecule has 0 unspecified atom stereocenters. The van der Waals surface area contributed by atoms with E-state index < -0.39 is 10.0 Å². The van der Waals surface area contributed by atoms with Gasteiger partial charge in [0.2, 0.25) is 0 Å². The average Bonchev–Trinajstić information content (AvgIpc) is 2.74. The number of sulfonamides is 1. The Balaban J connectivity index is 1.59. The molecule has 1 fully saturated rings. The number of piperidine rings is 1. The molecule has 0 saturated carbocycles. The molecule has 1 saturated heterocycles. The minimum absolute atomic E-state index is 0.128. The second-order valence-electron chi connectivity index (χ2n) is 7.34. The molecule has 148 valence electrons. The number of hydrogen-bond acceptors (Lipinski definition) is 4. The molecule has 0 radical (unpaired) electrons. The molecule has 0 bridgehead atoms. The van der Waals surface area contributed by atoms with Crippen LogP contribution in [0, 0.1) is 0 Å². The van der Waals surface area contributed by atoms with E-state index in [0.717, 1.165) is 50.0 Å². The number of rotatable bonds is 4. The molecule has 2 N–H and O–H groups in total. The number of benzene rings is 2. The van der Waals surface area contributed by atoms with Gasteiger partial charge in [0.05, 0.1) is 10.6 Å². The first-order valence-electron chi connectivity index (χ1n) is 9.78. The largest absolute Gasteiger partial charge is 0.349 e. The highest BCUT2D eigenvalue weighted by Gasteiger charge is 2.29. The minimum Gasteiger partial charge on any atom is -0.349 e. The van der Waals surface area contributed by atoms with Gasteiger partial charge in [-0.05, 0) is 68.6 Å². The standard InChI is InChI=1S/C21H25N3O3S/c25-21(23-18-10-12-22-13-11-18)17-6-3-8-19(15-17)28(26,27)24-14-4-7-16-5-1-2-9-20(16)24/h1-3,5-6,8-9,15,18,22H,4,7,10-14H2,(H,23,25). The van der Waals surface area contributed by atoms with Gasteiger partial charge in [0.1, 0.15) is 0 Å². The Hall–Kier alpha value is -2.38. The summed E-state index contributed by atoms with van der Waals surface area (Å²) in [5, 5.41) is 6.29.